The molecule has 0 saturated carbocycles. The molecule has 0 fully saturated rings. The van der Waals surface area contributed by atoms with Crippen LogP contribution < -0.4 is 27.0 Å². The SMILES string of the molecule is CNC(=O)[C@H](CCN(C(=O)CO)[C@@H](c1cc(-c2cc(F)ccc2F)cn1Cc1ccccc1)C(C)(C)C)NC(O)[C@H](CC(N)=O)NC(=O)[C@H](C)N(C)C(=O)[C@H](C)NC(=O)Cc1ccncc1. The first-order valence-electron chi connectivity index (χ1n) is 21.4. The van der Waals surface area contributed by atoms with Crippen LogP contribution >= 0.6 is 0 Å². The summed E-state index contributed by atoms with van der Waals surface area (Å²) in [5.74, 6) is -5.42. The summed E-state index contributed by atoms with van der Waals surface area (Å²) in [6.07, 6.45) is 2.15. The van der Waals surface area contributed by atoms with Gasteiger partial charge in [0, 0.05) is 62.6 Å². The highest BCUT2D eigenvalue weighted by Gasteiger charge is 2.39. The van der Waals surface area contributed by atoms with Crippen LogP contribution in [0.15, 0.2) is 85.3 Å². The number of nitrogens with two attached hydrogens (primary N) is 1. The summed E-state index contributed by atoms with van der Waals surface area (Å²) in [6, 6.07) is 11.7. The monoisotopic (exact) mass is 917 g/mol. The van der Waals surface area contributed by atoms with E-state index >= 15 is 4.39 Å². The standard InChI is InChI=1S/C47H61F2N9O8/c1-28(53-40(61)21-30-15-18-52-19-16-30)46(66)56(7)29(2)43(63)55-37(24-39(50)60)45(65)54-36(44(64)51-6)17-20-58(41(62)27-59)42(47(3,4)5)38-22-32(34-23-33(48)13-14-35(34)49)26-57(38)25-31-11-9-8-10-12-31/h8-16,18-19,22-23,26,28-29,36-37,42,45,54,59,65H,17,20-21,24-25,27H2,1-7H3,(H2,50,60)(H,51,64)(H,53,61)(H,55,63)/t28-,29-,36-,37-,42-,45?/m0/s1. The molecule has 0 aliphatic carbocycles. The summed E-state index contributed by atoms with van der Waals surface area (Å²) in [6.45, 7) is 7.60. The van der Waals surface area contributed by atoms with Crippen molar-refractivity contribution < 1.29 is 47.8 Å². The second-order valence-corrected chi connectivity index (χ2v) is 17.2. The summed E-state index contributed by atoms with van der Waals surface area (Å²) in [4.78, 5) is 85.3. The lowest BCUT2D eigenvalue weighted by molar-refractivity contribution is -0.141. The second kappa shape index (κ2) is 23.6. The van der Waals surface area contributed by atoms with Crippen LogP contribution in [0.4, 0.5) is 8.78 Å². The molecule has 8 N–H and O–H groups in total. The number of primary amides is 1. The number of carbonyl (C=O) groups excluding carboxylic acids is 6. The number of benzene rings is 2. The molecule has 0 aliphatic rings. The number of pyridine rings is 1. The van der Waals surface area contributed by atoms with Crippen LogP contribution in [0.3, 0.4) is 0 Å². The van der Waals surface area contributed by atoms with E-state index in [0.29, 0.717) is 16.8 Å². The number of aromatic nitrogens is 2. The Morgan fingerprint density at radius 3 is 2.18 bits per heavy atom. The summed E-state index contributed by atoms with van der Waals surface area (Å²) in [5, 5.41) is 32.2. The van der Waals surface area contributed by atoms with E-state index < -0.39 is 102 Å². The Morgan fingerprint density at radius 1 is 0.909 bits per heavy atom. The molecule has 0 saturated heterocycles. The molecule has 2 heterocycles. The Hall–Kier alpha value is -6.57. The zero-order chi connectivity index (χ0) is 48.9. The van der Waals surface area contributed by atoms with Gasteiger partial charge in [-0.15, -0.1) is 0 Å². The number of halogens is 2. The van der Waals surface area contributed by atoms with Gasteiger partial charge < -0.3 is 46.3 Å². The average Bonchev–Trinajstić information content (AvgIpc) is 3.68. The Balaban J connectivity index is 1.58. The van der Waals surface area contributed by atoms with Crippen molar-refractivity contribution in [2.24, 2.45) is 11.1 Å². The predicted octanol–water partition coefficient (Wildman–Crippen LogP) is 2.15. The molecule has 1 unspecified atom stereocenters. The fraction of sp³-hybridized carbons (Fsp3) is 0.426. The zero-order valence-electron chi connectivity index (χ0n) is 38.3. The van der Waals surface area contributed by atoms with Gasteiger partial charge >= 0.3 is 0 Å². The first kappa shape index (κ1) is 52.1. The molecule has 0 bridgehead atoms. The van der Waals surface area contributed by atoms with Crippen molar-refractivity contribution in [1.29, 1.82) is 0 Å². The minimum Gasteiger partial charge on any atom is -0.387 e. The lowest BCUT2D eigenvalue weighted by Gasteiger charge is -2.41. The Kier molecular flexibility index (Phi) is 18.6. The van der Waals surface area contributed by atoms with Crippen molar-refractivity contribution in [1.82, 2.24) is 40.6 Å². The van der Waals surface area contributed by atoms with E-state index in [2.05, 4.69) is 26.3 Å². The third kappa shape index (κ3) is 14.2. The van der Waals surface area contributed by atoms with Crippen LogP contribution in [0.2, 0.25) is 0 Å². The fourth-order valence-electron chi connectivity index (χ4n) is 7.63. The molecule has 2 aromatic carbocycles. The molecule has 19 heteroatoms. The molecule has 66 heavy (non-hydrogen) atoms. The molecule has 356 valence electrons. The number of nitrogens with zero attached hydrogens (tertiary/aromatic N) is 4. The number of rotatable bonds is 22. The lowest BCUT2D eigenvalue weighted by atomic mass is 9.82. The summed E-state index contributed by atoms with van der Waals surface area (Å²) in [5.41, 5.74) is 7.13. The highest BCUT2D eigenvalue weighted by molar-refractivity contribution is 5.92. The van der Waals surface area contributed by atoms with E-state index in [-0.39, 0.29) is 31.5 Å². The van der Waals surface area contributed by atoms with Crippen LogP contribution in [0.1, 0.15) is 70.3 Å². The molecule has 0 aliphatic heterocycles. The van der Waals surface area contributed by atoms with Gasteiger partial charge in [0.1, 0.15) is 36.6 Å². The maximum atomic E-state index is 15.2. The number of hydrogen-bond acceptors (Lipinski definition) is 10. The van der Waals surface area contributed by atoms with Crippen LogP contribution in [-0.4, -0.2) is 123 Å². The normalized spacial score (nSPS) is 14.2. The van der Waals surface area contributed by atoms with Crippen LogP contribution in [0.5, 0.6) is 0 Å². The van der Waals surface area contributed by atoms with Crippen molar-refractivity contribution >= 4 is 35.4 Å². The second-order valence-electron chi connectivity index (χ2n) is 17.2. The quantitative estimate of drug-likeness (QED) is 0.0567. The number of nitrogens with one attached hydrogen (secondary N) is 4. The maximum absolute atomic E-state index is 15.2. The molecular formula is C47H61F2N9O8. The number of hydrogen-bond donors (Lipinski definition) is 7. The average molecular weight is 918 g/mol. The van der Waals surface area contributed by atoms with Gasteiger partial charge in [0.05, 0.1) is 31.0 Å². The van der Waals surface area contributed by atoms with Gasteiger partial charge in [-0.2, -0.15) is 0 Å². The number of amides is 6. The van der Waals surface area contributed by atoms with Crippen molar-refractivity contribution in [3.05, 3.63) is 114 Å². The third-order valence-corrected chi connectivity index (χ3v) is 11.1. The summed E-state index contributed by atoms with van der Waals surface area (Å²) < 4.78 is 31.5. The van der Waals surface area contributed by atoms with E-state index in [1.165, 1.54) is 45.2 Å². The van der Waals surface area contributed by atoms with Gasteiger partial charge in [-0.3, -0.25) is 39.1 Å². The Labute approximate surface area is 383 Å². The molecule has 0 spiro atoms. The van der Waals surface area contributed by atoms with Crippen molar-refractivity contribution in [3.63, 3.8) is 0 Å². The lowest BCUT2D eigenvalue weighted by Crippen LogP contribution is -2.60. The minimum atomic E-state index is -1.80. The van der Waals surface area contributed by atoms with Crippen LogP contribution in [-0.2, 0) is 41.7 Å². The van der Waals surface area contributed by atoms with E-state index in [1.807, 2.05) is 55.7 Å². The highest BCUT2D eigenvalue weighted by Crippen LogP contribution is 2.41. The van der Waals surface area contributed by atoms with Gasteiger partial charge in [-0.1, -0.05) is 51.1 Å². The molecule has 0 radical (unpaired) electrons. The van der Waals surface area contributed by atoms with Crippen LogP contribution in [0.25, 0.3) is 11.1 Å². The topological polar surface area (TPSA) is 241 Å². The molecular weight excluding hydrogens is 857 g/mol. The van der Waals surface area contributed by atoms with E-state index in [9.17, 15) is 43.4 Å². The van der Waals surface area contributed by atoms with Crippen LogP contribution in [0, 0.1) is 17.0 Å². The van der Waals surface area contributed by atoms with E-state index in [1.54, 1.807) is 24.4 Å². The number of likely N-dealkylation sites (N-methyl/N-ethyl adjacent to an activating group) is 2. The summed E-state index contributed by atoms with van der Waals surface area (Å²) in [7, 11) is 2.70. The molecule has 2 aromatic heterocycles. The molecule has 6 atom stereocenters. The van der Waals surface area contributed by atoms with Gasteiger partial charge in [-0.25, -0.2) is 8.78 Å². The number of aliphatic hydroxyl groups is 2. The molecule has 6 amide bonds. The van der Waals surface area contributed by atoms with Gasteiger partial charge in [0.25, 0.3) is 0 Å². The summed E-state index contributed by atoms with van der Waals surface area (Å²) >= 11 is 0. The van der Waals surface area contributed by atoms with Crippen molar-refractivity contribution in [2.45, 2.75) is 96.9 Å². The Morgan fingerprint density at radius 2 is 1.58 bits per heavy atom. The molecule has 17 nitrogen and oxygen atoms in total. The smallest absolute Gasteiger partial charge is 0.248 e. The minimum absolute atomic E-state index is 0.00488. The van der Waals surface area contributed by atoms with Gasteiger partial charge in [0.2, 0.25) is 35.4 Å². The van der Waals surface area contributed by atoms with Crippen molar-refractivity contribution in [3.8, 4) is 11.1 Å². The van der Waals surface area contributed by atoms with Gasteiger partial charge in [-0.05, 0) is 73.2 Å². The van der Waals surface area contributed by atoms with E-state index in [0.717, 1.165) is 28.7 Å². The van der Waals surface area contributed by atoms with E-state index in [4.69, 9.17) is 5.73 Å². The number of aliphatic hydroxyl groups excluding tert-OH is 2. The zero-order valence-corrected chi connectivity index (χ0v) is 38.3. The largest absolute Gasteiger partial charge is 0.387 e. The molecule has 4 aromatic rings. The maximum Gasteiger partial charge on any atom is 0.248 e. The fourth-order valence-corrected chi connectivity index (χ4v) is 7.63. The van der Waals surface area contributed by atoms with Gasteiger partial charge in [0.15, 0.2) is 0 Å². The molecule has 4 rings (SSSR count). The highest BCUT2D eigenvalue weighted by atomic mass is 19.1. The third-order valence-electron chi connectivity index (χ3n) is 11.1. The predicted molar refractivity (Wildman–Crippen MR) is 241 cm³/mol. The number of carbonyl (C=O) groups is 6. The van der Waals surface area contributed by atoms with Crippen molar-refractivity contribution in [2.75, 3.05) is 27.2 Å². The Bertz CT molecular complexity index is 2310. The first-order chi connectivity index (χ1) is 31.1. The first-order valence-corrected chi connectivity index (χ1v) is 21.4.